The normalized spacial score (nSPS) is 22.0. The first kappa shape index (κ1) is 19.9. The molecule has 0 bridgehead atoms. The quantitative estimate of drug-likeness (QED) is 0.828. The molecule has 7 nitrogen and oxygen atoms in total. The van der Waals surface area contributed by atoms with E-state index < -0.39 is 10.0 Å². The summed E-state index contributed by atoms with van der Waals surface area (Å²) in [6.45, 7) is 4.93. The summed E-state index contributed by atoms with van der Waals surface area (Å²) in [5.74, 6) is 0.481. The number of amides is 1. The lowest BCUT2D eigenvalue weighted by Gasteiger charge is -2.34. The first-order chi connectivity index (χ1) is 13.8. The number of carbonyl (C=O) groups excluding carboxylic acids is 1. The first-order valence-electron chi connectivity index (χ1n) is 9.65. The van der Waals surface area contributed by atoms with Gasteiger partial charge < -0.3 is 14.8 Å². The minimum absolute atomic E-state index is 0.105. The van der Waals surface area contributed by atoms with Gasteiger partial charge >= 0.3 is 0 Å². The second-order valence-electron chi connectivity index (χ2n) is 7.48. The third kappa shape index (κ3) is 4.14. The van der Waals surface area contributed by atoms with E-state index in [0.29, 0.717) is 25.4 Å². The van der Waals surface area contributed by atoms with Gasteiger partial charge in [-0.1, -0.05) is 6.07 Å². The van der Waals surface area contributed by atoms with Crippen LogP contribution in [-0.2, 0) is 21.2 Å². The van der Waals surface area contributed by atoms with Crippen LogP contribution in [-0.4, -0.2) is 50.5 Å². The third-order valence-corrected chi connectivity index (χ3v) is 6.90. The summed E-state index contributed by atoms with van der Waals surface area (Å²) in [4.78, 5) is 12.8. The van der Waals surface area contributed by atoms with Crippen molar-refractivity contribution in [2.75, 3.05) is 25.0 Å². The average molecular weight is 416 g/mol. The zero-order chi connectivity index (χ0) is 20.6. The Hall–Kier alpha value is -2.42. The van der Waals surface area contributed by atoms with E-state index in [1.165, 1.54) is 16.4 Å². The summed E-state index contributed by atoms with van der Waals surface area (Å²) in [6.07, 6.45) is 0.455. The number of ether oxygens (including phenoxy) is 2. The Morgan fingerprint density at radius 2 is 1.86 bits per heavy atom. The van der Waals surface area contributed by atoms with Gasteiger partial charge in [-0.15, -0.1) is 0 Å². The number of rotatable bonds is 4. The summed E-state index contributed by atoms with van der Waals surface area (Å²) in [5.41, 5.74) is 2.00. The maximum Gasteiger partial charge on any atom is 0.255 e. The van der Waals surface area contributed by atoms with Crippen molar-refractivity contribution in [1.29, 1.82) is 0 Å². The molecule has 2 aliphatic heterocycles. The van der Waals surface area contributed by atoms with E-state index in [0.717, 1.165) is 17.7 Å². The number of fused-ring (bicyclic) bond motifs is 1. The summed E-state index contributed by atoms with van der Waals surface area (Å²) in [5, 5.41) is 2.84. The van der Waals surface area contributed by atoms with Crippen LogP contribution in [0.3, 0.4) is 0 Å². The fraction of sp³-hybridized carbons (Fsp3) is 0.381. The Kier molecular flexibility index (Phi) is 5.33. The van der Waals surface area contributed by atoms with Gasteiger partial charge in [0.1, 0.15) is 5.75 Å². The van der Waals surface area contributed by atoms with Crippen molar-refractivity contribution >= 4 is 21.6 Å². The highest BCUT2D eigenvalue weighted by Gasteiger charge is 2.32. The van der Waals surface area contributed by atoms with Gasteiger partial charge in [0.15, 0.2) is 0 Å². The van der Waals surface area contributed by atoms with Crippen LogP contribution in [0.2, 0.25) is 0 Å². The Labute approximate surface area is 170 Å². The van der Waals surface area contributed by atoms with E-state index in [1.807, 2.05) is 26.0 Å². The van der Waals surface area contributed by atoms with Crippen LogP contribution in [0.15, 0.2) is 47.4 Å². The number of morpholine rings is 1. The molecule has 1 fully saturated rings. The van der Waals surface area contributed by atoms with E-state index >= 15 is 0 Å². The molecule has 154 valence electrons. The SMILES string of the molecule is C[C@@H]1CN(S(=O)(=O)c2cccc(C(=O)Nc3ccc4c(c3)CCO4)c2)C[C@H](C)O1. The Balaban J connectivity index is 1.54. The molecule has 0 radical (unpaired) electrons. The van der Waals surface area contributed by atoms with Crippen LogP contribution < -0.4 is 10.1 Å². The number of benzene rings is 2. The van der Waals surface area contributed by atoms with E-state index in [2.05, 4.69) is 5.32 Å². The van der Waals surface area contributed by atoms with E-state index in [4.69, 9.17) is 9.47 Å². The zero-order valence-corrected chi connectivity index (χ0v) is 17.2. The average Bonchev–Trinajstić information content (AvgIpc) is 3.15. The van der Waals surface area contributed by atoms with Crippen LogP contribution >= 0.6 is 0 Å². The highest BCUT2D eigenvalue weighted by molar-refractivity contribution is 7.89. The maximum absolute atomic E-state index is 13.1. The predicted molar refractivity (Wildman–Crippen MR) is 109 cm³/mol. The molecule has 2 aromatic carbocycles. The van der Waals surface area contributed by atoms with Gasteiger partial charge in [0.05, 0.1) is 23.7 Å². The number of anilines is 1. The fourth-order valence-corrected chi connectivity index (χ4v) is 5.38. The molecule has 2 atom stereocenters. The minimum Gasteiger partial charge on any atom is -0.493 e. The molecule has 8 heteroatoms. The molecular formula is C21H24N2O5S. The smallest absolute Gasteiger partial charge is 0.255 e. The number of hydrogen-bond donors (Lipinski definition) is 1. The summed E-state index contributed by atoms with van der Waals surface area (Å²) in [6, 6.07) is 11.6. The standard InChI is InChI=1S/C21H24N2O5S/c1-14-12-23(13-15(2)28-14)29(25,26)19-5-3-4-17(11-19)21(24)22-18-6-7-20-16(10-18)8-9-27-20/h3-7,10-11,14-15H,8-9,12-13H2,1-2H3,(H,22,24)/t14-,15+. The fourth-order valence-electron chi connectivity index (χ4n) is 3.74. The monoisotopic (exact) mass is 416 g/mol. The first-order valence-corrected chi connectivity index (χ1v) is 11.1. The van der Waals surface area contributed by atoms with Crippen molar-refractivity contribution < 1.29 is 22.7 Å². The van der Waals surface area contributed by atoms with Crippen LogP contribution in [0.1, 0.15) is 29.8 Å². The zero-order valence-electron chi connectivity index (χ0n) is 16.4. The maximum atomic E-state index is 13.1. The Morgan fingerprint density at radius 1 is 1.10 bits per heavy atom. The molecule has 1 amide bonds. The molecule has 1 saturated heterocycles. The summed E-state index contributed by atoms with van der Waals surface area (Å²) < 4.78 is 38.7. The van der Waals surface area contributed by atoms with Crippen molar-refractivity contribution in [1.82, 2.24) is 4.31 Å². The predicted octanol–water partition coefficient (Wildman–Crippen LogP) is 2.67. The largest absolute Gasteiger partial charge is 0.493 e. The molecule has 0 saturated carbocycles. The molecule has 4 rings (SSSR count). The van der Waals surface area contributed by atoms with Crippen LogP contribution in [0, 0.1) is 0 Å². The lowest BCUT2D eigenvalue weighted by atomic mass is 10.1. The topological polar surface area (TPSA) is 84.9 Å². The highest BCUT2D eigenvalue weighted by Crippen LogP contribution is 2.28. The Bertz CT molecular complexity index is 1030. The number of carbonyl (C=O) groups is 1. The van der Waals surface area contributed by atoms with Crippen molar-refractivity contribution in [2.24, 2.45) is 0 Å². The molecule has 29 heavy (non-hydrogen) atoms. The number of sulfonamides is 1. The molecular weight excluding hydrogens is 392 g/mol. The summed E-state index contributed by atoms with van der Waals surface area (Å²) in [7, 11) is -3.71. The molecule has 2 aromatic rings. The molecule has 2 aliphatic rings. The lowest BCUT2D eigenvalue weighted by molar-refractivity contribution is -0.0440. The molecule has 0 unspecified atom stereocenters. The highest BCUT2D eigenvalue weighted by atomic mass is 32.2. The van der Waals surface area contributed by atoms with Gasteiger partial charge in [0.2, 0.25) is 10.0 Å². The summed E-state index contributed by atoms with van der Waals surface area (Å²) >= 11 is 0. The number of nitrogens with zero attached hydrogens (tertiary/aromatic N) is 1. The molecule has 0 spiro atoms. The Morgan fingerprint density at radius 3 is 2.62 bits per heavy atom. The van der Waals surface area contributed by atoms with E-state index in [-0.39, 0.29) is 28.6 Å². The van der Waals surface area contributed by atoms with Gasteiger partial charge in [-0.3, -0.25) is 4.79 Å². The molecule has 1 N–H and O–H groups in total. The second kappa shape index (κ2) is 7.78. The number of hydrogen-bond acceptors (Lipinski definition) is 5. The minimum atomic E-state index is -3.71. The van der Waals surface area contributed by atoms with E-state index in [9.17, 15) is 13.2 Å². The van der Waals surface area contributed by atoms with Crippen LogP contribution in [0.5, 0.6) is 5.75 Å². The number of nitrogens with one attached hydrogen (secondary N) is 1. The molecule has 2 heterocycles. The molecule has 0 aromatic heterocycles. The van der Waals surface area contributed by atoms with Gasteiger partial charge in [-0.25, -0.2) is 8.42 Å². The molecule has 0 aliphatic carbocycles. The van der Waals surface area contributed by atoms with E-state index in [1.54, 1.807) is 18.2 Å². The van der Waals surface area contributed by atoms with Crippen LogP contribution in [0.25, 0.3) is 0 Å². The van der Waals surface area contributed by atoms with Gasteiger partial charge in [-0.05, 0) is 55.8 Å². The van der Waals surface area contributed by atoms with Crippen molar-refractivity contribution in [3.05, 3.63) is 53.6 Å². The lowest BCUT2D eigenvalue weighted by Crippen LogP contribution is -2.48. The van der Waals surface area contributed by atoms with Crippen molar-refractivity contribution in [3.63, 3.8) is 0 Å². The van der Waals surface area contributed by atoms with Gasteiger partial charge in [-0.2, -0.15) is 4.31 Å². The van der Waals surface area contributed by atoms with Crippen molar-refractivity contribution in [3.8, 4) is 5.75 Å². The van der Waals surface area contributed by atoms with Crippen molar-refractivity contribution in [2.45, 2.75) is 37.4 Å². The van der Waals surface area contributed by atoms with Gasteiger partial charge in [0, 0.05) is 30.8 Å². The van der Waals surface area contributed by atoms with Gasteiger partial charge in [0.25, 0.3) is 5.91 Å². The van der Waals surface area contributed by atoms with Crippen LogP contribution in [0.4, 0.5) is 5.69 Å². The second-order valence-corrected chi connectivity index (χ2v) is 9.42. The third-order valence-electron chi connectivity index (χ3n) is 5.07.